The maximum Gasteiger partial charge on any atom is 0.233 e. The van der Waals surface area contributed by atoms with Gasteiger partial charge in [0, 0.05) is 13.1 Å². The smallest absolute Gasteiger partial charge is 0.233 e. The molecule has 0 aromatic heterocycles. The van der Waals surface area contributed by atoms with Crippen LogP contribution in [0.2, 0.25) is 0 Å². The molecule has 35 heavy (non-hydrogen) atoms. The lowest BCUT2D eigenvalue weighted by Crippen LogP contribution is -2.48. The van der Waals surface area contributed by atoms with Gasteiger partial charge in [0.05, 0.1) is 28.4 Å². The molecule has 0 saturated carbocycles. The molecular weight excluding hydrogens is 448 g/mol. The second-order valence-electron chi connectivity index (χ2n) is 9.26. The van der Waals surface area contributed by atoms with Gasteiger partial charge in [-0.3, -0.25) is 9.59 Å². The van der Waals surface area contributed by atoms with Crippen molar-refractivity contribution in [2.75, 3.05) is 41.5 Å². The Kier molecular flexibility index (Phi) is 10.2. The van der Waals surface area contributed by atoms with E-state index in [4.69, 9.17) is 18.9 Å². The Hall–Kier alpha value is -3.42. The fraction of sp³-hybridized carbons (Fsp3) is 0.481. The van der Waals surface area contributed by atoms with Crippen molar-refractivity contribution in [2.45, 2.75) is 33.6 Å². The van der Waals surface area contributed by atoms with Crippen molar-refractivity contribution in [3.05, 3.63) is 47.5 Å². The second-order valence-corrected chi connectivity index (χ2v) is 9.26. The molecule has 0 fully saturated rings. The zero-order valence-corrected chi connectivity index (χ0v) is 21.8. The predicted octanol–water partition coefficient (Wildman–Crippen LogP) is 3.40. The summed E-state index contributed by atoms with van der Waals surface area (Å²) in [6.45, 7) is 6.47. The highest BCUT2D eigenvalue weighted by Crippen LogP contribution is 2.29. The topological polar surface area (TPSA) is 95.1 Å². The minimum Gasteiger partial charge on any atom is -0.493 e. The Morgan fingerprint density at radius 2 is 1.06 bits per heavy atom. The molecule has 0 heterocycles. The largest absolute Gasteiger partial charge is 0.493 e. The molecule has 192 valence electrons. The van der Waals surface area contributed by atoms with E-state index in [1.165, 1.54) is 0 Å². The van der Waals surface area contributed by atoms with Gasteiger partial charge in [0.2, 0.25) is 11.8 Å². The first-order valence-corrected chi connectivity index (χ1v) is 11.6. The van der Waals surface area contributed by atoms with Crippen LogP contribution in [0.25, 0.3) is 0 Å². The van der Waals surface area contributed by atoms with Crippen LogP contribution in [0.3, 0.4) is 0 Å². The van der Waals surface area contributed by atoms with Gasteiger partial charge in [0.1, 0.15) is 5.92 Å². The minimum absolute atomic E-state index is 0.290. The fourth-order valence-corrected chi connectivity index (χ4v) is 3.84. The zero-order valence-electron chi connectivity index (χ0n) is 21.8. The van der Waals surface area contributed by atoms with E-state index in [2.05, 4.69) is 10.6 Å². The van der Waals surface area contributed by atoms with Crippen molar-refractivity contribution >= 4 is 11.8 Å². The molecule has 0 aliphatic heterocycles. The number of amides is 2. The summed E-state index contributed by atoms with van der Waals surface area (Å²) in [4.78, 5) is 26.0. The van der Waals surface area contributed by atoms with E-state index in [0.717, 1.165) is 11.1 Å². The summed E-state index contributed by atoms with van der Waals surface area (Å²) < 4.78 is 21.2. The Morgan fingerprint density at radius 1 is 0.686 bits per heavy atom. The maximum atomic E-state index is 13.0. The van der Waals surface area contributed by atoms with Crippen molar-refractivity contribution in [3.63, 3.8) is 0 Å². The molecule has 8 nitrogen and oxygen atoms in total. The van der Waals surface area contributed by atoms with Crippen molar-refractivity contribution in [1.29, 1.82) is 0 Å². The first kappa shape index (κ1) is 27.8. The van der Waals surface area contributed by atoms with Crippen LogP contribution in [0, 0.1) is 11.3 Å². The quantitative estimate of drug-likeness (QED) is 0.447. The standard InChI is InChI=1S/C27H38N2O6/c1-27(2,3)24(25(30)28-14-12-18-8-10-20(32-4)22(16-18)34-6)26(31)29-15-13-19-9-11-21(33-5)23(17-19)35-7/h8-11,16-17,24H,12-15H2,1-7H3,(H,28,30)(H,29,31). The highest BCUT2D eigenvalue weighted by Gasteiger charge is 2.37. The molecule has 0 unspecified atom stereocenters. The molecule has 2 N–H and O–H groups in total. The van der Waals surface area contributed by atoms with Crippen LogP contribution < -0.4 is 29.6 Å². The Labute approximate surface area is 208 Å². The van der Waals surface area contributed by atoms with Gasteiger partial charge in [-0.25, -0.2) is 0 Å². The lowest BCUT2D eigenvalue weighted by Gasteiger charge is -2.28. The normalized spacial score (nSPS) is 11.1. The zero-order chi connectivity index (χ0) is 26.0. The second kappa shape index (κ2) is 12.9. The third-order valence-electron chi connectivity index (χ3n) is 5.71. The molecule has 0 bridgehead atoms. The Bertz CT molecular complexity index is 926. The highest BCUT2D eigenvalue weighted by atomic mass is 16.5. The van der Waals surface area contributed by atoms with Gasteiger partial charge in [-0.05, 0) is 53.6 Å². The molecule has 0 saturated heterocycles. The van der Waals surface area contributed by atoms with Crippen molar-refractivity contribution in [2.24, 2.45) is 11.3 Å². The highest BCUT2D eigenvalue weighted by molar-refractivity contribution is 6.01. The molecule has 0 aliphatic rings. The van der Waals surface area contributed by atoms with Gasteiger partial charge in [-0.2, -0.15) is 0 Å². The van der Waals surface area contributed by atoms with Gasteiger partial charge in [0.25, 0.3) is 0 Å². The van der Waals surface area contributed by atoms with E-state index < -0.39 is 11.3 Å². The van der Waals surface area contributed by atoms with Crippen molar-refractivity contribution in [1.82, 2.24) is 10.6 Å². The molecule has 2 amide bonds. The summed E-state index contributed by atoms with van der Waals surface area (Å²) in [5, 5.41) is 5.84. The number of carbonyl (C=O) groups excluding carboxylic acids is 2. The molecule has 0 atom stereocenters. The predicted molar refractivity (Wildman–Crippen MR) is 135 cm³/mol. The van der Waals surface area contributed by atoms with Crippen LogP contribution in [0.5, 0.6) is 23.0 Å². The molecule has 0 aliphatic carbocycles. The Balaban J connectivity index is 1.94. The van der Waals surface area contributed by atoms with Gasteiger partial charge in [-0.15, -0.1) is 0 Å². The molecule has 0 radical (unpaired) electrons. The van der Waals surface area contributed by atoms with E-state index in [1.807, 2.05) is 57.2 Å². The van der Waals surface area contributed by atoms with Crippen LogP contribution in [0.4, 0.5) is 0 Å². The molecule has 0 spiro atoms. The number of nitrogens with one attached hydrogen (secondary N) is 2. The first-order chi connectivity index (χ1) is 16.6. The fourth-order valence-electron chi connectivity index (χ4n) is 3.84. The van der Waals surface area contributed by atoms with Crippen LogP contribution in [0.1, 0.15) is 31.9 Å². The third kappa shape index (κ3) is 7.80. The van der Waals surface area contributed by atoms with Crippen LogP contribution in [-0.4, -0.2) is 53.3 Å². The minimum atomic E-state index is -0.821. The van der Waals surface area contributed by atoms with Crippen molar-refractivity contribution in [3.8, 4) is 23.0 Å². The lowest BCUT2D eigenvalue weighted by molar-refractivity contribution is -0.139. The van der Waals surface area contributed by atoms with Crippen LogP contribution in [0.15, 0.2) is 36.4 Å². The average Bonchev–Trinajstić information content (AvgIpc) is 2.82. The monoisotopic (exact) mass is 486 g/mol. The number of hydrogen-bond donors (Lipinski definition) is 2. The summed E-state index contributed by atoms with van der Waals surface area (Å²) in [5.41, 5.74) is 1.45. The van der Waals surface area contributed by atoms with Crippen molar-refractivity contribution < 1.29 is 28.5 Å². The van der Waals surface area contributed by atoms with E-state index in [-0.39, 0.29) is 11.8 Å². The van der Waals surface area contributed by atoms with E-state index in [0.29, 0.717) is 48.9 Å². The lowest BCUT2D eigenvalue weighted by atomic mass is 9.79. The molecule has 2 rings (SSSR count). The number of methoxy groups -OCH3 is 4. The molecule has 2 aromatic carbocycles. The summed E-state index contributed by atoms with van der Waals surface area (Å²) in [6, 6.07) is 11.3. The third-order valence-corrected chi connectivity index (χ3v) is 5.71. The van der Waals surface area contributed by atoms with E-state index in [9.17, 15) is 9.59 Å². The summed E-state index contributed by atoms with van der Waals surface area (Å²) in [6.07, 6.45) is 1.20. The van der Waals surface area contributed by atoms with E-state index in [1.54, 1.807) is 28.4 Å². The summed E-state index contributed by atoms with van der Waals surface area (Å²) >= 11 is 0. The van der Waals surface area contributed by atoms with Gasteiger partial charge in [0.15, 0.2) is 23.0 Å². The molecule has 2 aromatic rings. The van der Waals surface area contributed by atoms with Crippen LogP contribution in [-0.2, 0) is 22.4 Å². The summed E-state index contributed by atoms with van der Waals surface area (Å²) in [7, 11) is 6.34. The molecular formula is C27H38N2O6. The number of benzene rings is 2. The van der Waals surface area contributed by atoms with Gasteiger partial charge in [-0.1, -0.05) is 32.9 Å². The van der Waals surface area contributed by atoms with Crippen LogP contribution >= 0.6 is 0 Å². The Morgan fingerprint density at radius 3 is 1.37 bits per heavy atom. The summed E-state index contributed by atoms with van der Waals surface area (Å²) in [5.74, 6) is 1.17. The SMILES string of the molecule is COc1ccc(CCNC(=O)C(C(=O)NCCc2ccc(OC)c(OC)c2)C(C)(C)C)cc1OC. The maximum absolute atomic E-state index is 13.0. The number of hydrogen-bond acceptors (Lipinski definition) is 6. The molecule has 8 heteroatoms. The average molecular weight is 487 g/mol. The first-order valence-electron chi connectivity index (χ1n) is 11.6. The van der Waals surface area contributed by atoms with Gasteiger partial charge >= 0.3 is 0 Å². The number of rotatable bonds is 12. The number of ether oxygens (including phenoxy) is 4. The van der Waals surface area contributed by atoms with E-state index >= 15 is 0 Å². The van der Waals surface area contributed by atoms with Gasteiger partial charge < -0.3 is 29.6 Å². The number of carbonyl (C=O) groups is 2.